The van der Waals surface area contributed by atoms with Crippen LogP contribution in [0.2, 0.25) is 0 Å². The molecule has 0 amide bonds. The maximum atomic E-state index is 11.2. The lowest BCUT2D eigenvalue weighted by Gasteiger charge is -2.07. The summed E-state index contributed by atoms with van der Waals surface area (Å²) in [7, 11) is 1.77. The Morgan fingerprint density at radius 2 is 2.00 bits per heavy atom. The maximum absolute atomic E-state index is 11.2. The van der Waals surface area contributed by atoms with Gasteiger partial charge < -0.3 is 4.57 Å². The number of hydrogen-bond acceptors (Lipinski definition) is 2. The minimum absolute atomic E-state index is 0.0185. The van der Waals surface area contributed by atoms with E-state index < -0.39 is 0 Å². The van der Waals surface area contributed by atoms with Crippen LogP contribution in [0.25, 0.3) is 6.08 Å². The average Bonchev–Trinajstić information content (AvgIpc) is 2.24. The third kappa shape index (κ3) is 2.77. The molecule has 0 saturated carbocycles. The summed E-state index contributed by atoms with van der Waals surface area (Å²) in [6.45, 7) is 7.68. The first-order valence-electron chi connectivity index (χ1n) is 4.57. The predicted molar refractivity (Wildman–Crippen MR) is 64.9 cm³/mol. The van der Waals surface area contributed by atoms with Gasteiger partial charge in [0.05, 0.1) is 5.03 Å². The smallest absolute Gasteiger partial charge is 0.251 e. The van der Waals surface area contributed by atoms with Crippen molar-refractivity contribution in [2.45, 2.75) is 18.9 Å². The Hall–Kier alpha value is -0.960. The Kier molecular flexibility index (Phi) is 6.04. The van der Waals surface area contributed by atoms with Crippen LogP contribution in [0.1, 0.15) is 19.4 Å². The molecule has 1 rings (SSSR count). The van der Waals surface area contributed by atoms with Gasteiger partial charge in [0, 0.05) is 18.7 Å². The molecule has 0 radical (unpaired) electrons. The Morgan fingerprint density at radius 3 is 2.43 bits per heavy atom. The van der Waals surface area contributed by atoms with Crippen molar-refractivity contribution in [3.8, 4) is 0 Å². The summed E-state index contributed by atoms with van der Waals surface area (Å²) in [6.07, 6.45) is 3.70. The SMILES string of the molecule is C=Cc1ccc(=O)n(C)c1SC.CC. The van der Waals surface area contributed by atoms with Crippen LogP contribution in [0, 0.1) is 0 Å². The van der Waals surface area contributed by atoms with Gasteiger partial charge in [-0.1, -0.05) is 26.5 Å². The van der Waals surface area contributed by atoms with Crippen LogP contribution < -0.4 is 5.56 Å². The standard InChI is InChI=1S/C9H11NOS.C2H6/c1-4-7-5-6-8(11)10(2)9(7)12-3;1-2/h4-6H,1H2,2-3H3;1-2H3. The largest absolute Gasteiger partial charge is 0.306 e. The first kappa shape index (κ1) is 13.0. The molecule has 0 aliphatic carbocycles. The Morgan fingerprint density at radius 1 is 1.43 bits per heavy atom. The summed E-state index contributed by atoms with van der Waals surface area (Å²) in [5.41, 5.74) is 1.02. The second-order valence-corrected chi connectivity index (χ2v) is 3.19. The molecule has 0 N–H and O–H groups in total. The maximum Gasteiger partial charge on any atom is 0.251 e. The van der Waals surface area contributed by atoms with Gasteiger partial charge in [-0.3, -0.25) is 4.79 Å². The molecule has 1 aromatic heterocycles. The van der Waals surface area contributed by atoms with Gasteiger partial charge in [0.1, 0.15) is 0 Å². The van der Waals surface area contributed by atoms with Gasteiger partial charge >= 0.3 is 0 Å². The van der Waals surface area contributed by atoms with E-state index in [-0.39, 0.29) is 5.56 Å². The number of pyridine rings is 1. The number of hydrogen-bond donors (Lipinski definition) is 0. The Bertz CT molecular complexity index is 355. The van der Waals surface area contributed by atoms with Crippen molar-refractivity contribution in [1.29, 1.82) is 0 Å². The van der Waals surface area contributed by atoms with E-state index in [0.717, 1.165) is 10.6 Å². The molecule has 0 spiro atoms. The van der Waals surface area contributed by atoms with E-state index >= 15 is 0 Å². The fourth-order valence-electron chi connectivity index (χ4n) is 1.05. The summed E-state index contributed by atoms with van der Waals surface area (Å²) >= 11 is 1.55. The molecule has 0 unspecified atom stereocenters. The molecule has 1 heterocycles. The summed E-state index contributed by atoms with van der Waals surface area (Å²) in [5.74, 6) is 0. The van der Waals surface area contributed by atoms with Crippen LogP contribution >= 0.6 is 11.8 Å². The highest BCUT2D eigenvalue weighted by atomic mass is 32.2. The molecular weight excluding hydrogens is 194 g/mol. The van der Waals surface area contributed by atoms with Crippen LogP contribution in [-0.4, -0.2) is 10.8 Å². The van der Waals surface area contributed by atoms with Crippen LogP contribution in [0.15, 0.2) is 28.5 Å². The van der Waals surface area contributed by atoms with E-state index in [1.807, 2.05) is 20.1 Å². The lowest BCUT2D eigenvalue weighted by molar-refractivity contribution is 0.763. The minimum Gasteiger partial charge on any atom is -0.306 e. The molecule has 0 bridgehead atoms. The van der Waals surface area contributed by atoms with Gasteiger partial charge in [0.15, 0.2) is 0 Å². The molecule has 2 nitrogen and oxygen atoms in total. The molecule has 0 atom stereocenters. The van der Waals surface area contributed by atoms with Crippen molar-refractivity contribution >= 4 is 17.8 Å². The summed E-state index contributed by atoms with van der Waals surface area (Å²) in [4.78, 5) is 11.2. The molecule has 0 fully saturated rings. The van der Waals surface area contributed by atoms with E-state index in [2.05, 4.69) is 6.58 Å². The predicted octanol–water partition coefficient (Wildman–Crippen LogP) is 2.78. The van der Waals surface area contributed by atoms with Gasteiger partial charge in [-0.2, -0.15) is 0 Å². The topological polar surface area (TPSA) is 22.0 Å². The molecule has 0 aliphatic rings. The number of rotatable bonds is 2. The van der Waals surface area contributed by atoms with Gasteiger partial charge in [0.2, 0.25) is 0 Å². The second-order valence-electron chi connectivity index (χ2n) is 2.40. The van der Waals surface area contributed by atoms with Crippen LogP contribution in [0.3, 0.4) is 0 Å². The average molecular weight is 211 g/mol. The minimum atomic E-state index is 0.0185. The van der Waals surface area contributed by atoms with Gasteiger partial charge in [-0.05, 0) is 12.3 Å². The summed E-state index contributed by atoms with van der Waals surface area (Å²) < 4.78 is 1.63. The first-order chi connectivity index (χ1) is 6.70. The highest BCUT2D eigenvalue weighted by Gasteiger charge is 2.01. The van der Waals surface area contributed by atoms with Crippen molar-refractivity contribution in [3.05, 3.63) is 34.6 Å². The van der Waals surface area contributed by atoms with Crippen LogP contribution in [0.4, 0.5) is 0 Å². The van der Waals surface area contributed by atoms with Crippen molar-refractivity contribution in [2.75, 3.05) is 6.26 Å². The van der Waals surface area contributed by atoms with E-state index in [4.69, 9.17) is 0 Å². The van der Waals surface area contributed by atoms with Crippen molar-refractivity contribution in [1.82, 2.24) is 4.57 Å². The molecule has 3 heteroatoms. The van der Waals surface area contributed by atoms with Gasteiger partial charge in [-0.25, -0.2) is 0 Å². The summed E-state index contributed by atoms with van der Waals surface area (Å²) in [5, 5.41) is 0.956. The molecule has 0 aliphatic heterocycles. The molecule has 0 saturated heterocycles. The first-order valence-corrected chi connectivity index (χ1v) is 5.79. The zero-order chi connectivity index (χ0) is 11.1. The van der Waals surface area contributed by atoms with E-state index in [0.29, 0.717) is 0 Å². The third-order valence-corrected chi connectivity index (χ3v) is 2.60. The highest BCUT2D eigenvalue weighted by molar-refractivity contribution is 7.98. The molecule has 0 aromatic carbocycles. The third-order valence-electron chi connectivity index (χ3n) is 1.70. The number of thioether (sulfide) groups is 1. The van der Waals surface area contributed by atoms with E-state index in [1.54, 1.807) is 41.6 Å². The number of aromatic nitrogens is 1. The number of nitrogens with zero attached hydrogens (tertiary/aromatic N) is 1. The fraction of sp³-hybridized carbons (Fsp3) is 0.364. The van der Waals surface area contributed by atoms with Gasteiger partial charge in [-0.15, -0.1) is 11.8 Å². The van der Waals surface area contributed by atoms with Crippen LogP contribution in [0.5, 0.6) is 0 Å². The van der Waals surface area contributed by atoms with E-state index in [1.165, 1.54) is 0 Å². The van der Waals surface area contributed by atoms with Crippen molar-refractivity contribution < 1.29 is 0 Å². The van der Waals surface area contributed by atoms with Crippen molar-refractivity contribution in [3.63, 3.8) is 0 Å². The Labute approximate surface area is 89.7 Å². The normalized spacial score (nSPS) is 8.86. The molecule has 14 heavy (non-hydrogen) atoms. The zero-order valence-corrected chi connectivity index (χ0v) is 10.0. The lowest BCUT2D eigenvalue weighted by atomic mass is 10.3. The monoisotopic (exact) mass is 211 g/mol. The second kappa shape index (κ2) is 6.49. The highest BCUT2D eigenvalue weighted by Crippen LogP contribution is 2.17. The van der Waals surface area contributed by atoms with Gasteiger partial charge in [0.25, 0.3) is 5.56 Å². The Balaban J connectivity index is 0.000000791. The molecule has 1 aromatic rings. The fourth-order valence-corrected chi connectivity index (χ4v) is 1.80. The lowest BCUT2D eigenvalue weighted by Crippen LogP contribution is -2.17. The molecular formula is C11H17NOS. The zero-order valence-electron chi connectivity index (χ0n) is 9.20. The van der Waals surface area contributed by atoms with Crippen molar-refractivity contribution in [2.24, 2.45) is 7.05 Å². The molecule has 78 valence electrons. The summed E-state index contributed by atoms with van der Waals surface area (Å²) in [6, 6.07) is 3.35. The van der Waals surface area contributed by atoms with Crippen LogP contribution in [-0.2, 0) is 7.05 Å². The quantitative estimate of drug-likeness (QED) is 0.702. The van der Waals surface area contributed by atoms with E-state index in [9.17, 15) is 4.79 Å².